The van der Waals surface area contributed by atoms with Crippen LogP contribution in [0.3, 0.4) is 0 Å². The van der Waals surface area contributed by atoms with Crippen LogP contribution in [0.4, 0.5) is 5.69 Å². The highest BCUT2D eigenvalue weighted by molar-refractivity contribution is 9.10. The molecule has 0 bridgehead atoms. The fraction of sp³-hybridized carbons (Fsp3) is 0.100. The first-order chi connectivity index (χ1) is 12.5. The van der Waals surface area contributed by atoms with Gasteiger partial charge in [-0.05, 0) is 54.4 Å². The summed E-state index contributed by atoms with van der Waals surface area (Å²) in [7, 11) is 0. The van der Waals surface area contributed by atoms with E-state index < -0.39 is 5.91 Å². The Hall–Kier alpha value is -2.37. The lowest BCUT2D eigenvalue weighted by Crippen LogP contribution is -2.29. The molecule has 0 unspecified atom stereocenters. The zero-order valence-corrected chi connectivity index (χ0v) is 16.3. The lowest BCUT2D eigenvalue weighted by atomic mass is 10.2. The molecule has 4 nitrogen and oxygen atoms in total. The van der Waals surface area contributed by atoms with Crippen LogP contribution in [0, 0.1) is 6.92 Å². The molecule has 3 aromatic rings. The van der Waals surface area contributed by atoms with E-state index in [1.165, 1.54) is 10.6 Å². The number of pyridine rings is 1. The first kappa shape index (κ1) is 18.4. The highest BCUT2D eigenvalue weighted by Gasteiger charge is 2.13. The van der Waals surface area contributed by atoms with Gasteiger partial charge in [0.25, 0.3) is 11.5 Å². The molecular weight excluding hydrogens is 416 g/mol. The second-order valence-electron chi connectivity index (χ2n) is 5.86. The Morgan fingerprint density at radius 3 is 2.65 bits per heavy atom. The first-order valence-electron chi connectivity index (χ1n) is 7.96. The van der Waals surface area contributed by atoms with Crippen LogP contribution in [0.25, 0.3) is 0 Å². The summed E-state index contributed by atoms with van der Waals surface area (Å²) >= 11 is 9.59. The smallest absolute Gasteiger partial charge is 0.263 e. The maximum atomic E-state index is 12.7. The molecule has 0 atom stereocenters. The van der Waals surface area contributed by atoms with Crippen molar-refractivity contribution >= 4 is 39.1 Å². The third kappa shape index (κ3) is 4.06. The van der Waals surface area contributed by atoms with Gasteiger partial charge in [0.2, 0.25) is 0 Å². The standard InChI is InChI=1S/C20H16BrClN2O2/c1-13-11-15(8-9-17(13)21)23-19(25)16-6-4-10-24(20(16)26)12-14-5-2-3-7-18(14)22/h2-11H,12H2,1H3,(H,23,25). The second-order valence-corrected chi connectivity index (χ2v) is 7.13. The number of amides is 1. The number of nitrogens with one attached hydrogen (secondary N) is 1. The van der Waals surface area contributed by atoms with E-state index in [1.54, 1.807) is 24.4 Å². The molecule has 0 spiro atoms. The summed E-state index contributed by atoms with van der Waals surface area (Å²) in [4.78, 5) is 25.2. The highest BCUT2D eigenvalue weighted by atomic mass is 79.9. The molecule has 1 aromatic heterocycles. The van der Waals surface area contributed by atoms with Crippen LogP contribution in [0.1, 0.15) is 21.5 Å². The van der Waals surface area contributed by atoms with Crippen molar-refractivity contribution in [1.82, 2.24) is 4.57 Å². The molecule has 0 saturated heterocycles. The van der Waals surface area contributed by atoms with E-state index in [1.807, 2.05) is 37.3 Å². The molecule has 26 heavy (non-hydrogen) atoms. The molecule has 3 rings (SSSR count). The van der Waals surface area contributed by atoms with Gasteiger partial charge in [-0.3, -0.25) is 9.59 Å². The number of carbonyl (C=O) groups is 1. The SMILES string of the molecule is Cc1cc(NC(=O)c2cccn(Cc3ccccc3Cl)c2=O)ccc1Br. The van der Waals surface area contributed by atoms with Crippen molar-refractivity contribution in [2.24, 2.45) is 0 Å². The number of anilines is 1. The molecule has 1 amide bonds. The van der Waals surface area contributed by atoms with E-state index in [9.17, 15) is 9.59 Å². The molecule has 0 aliphatic carbocycles. The number of rotatable bonds is 4. The summed E-state index contributed by atoms with van der Waals surface area (Å²) in [5.41, 5.74) is 2.17. The molecular formula is C20H16BrClN2O2. The molecule has 0 aliphatic heterocycles. The van der Waals surface area contributed by atoms with Crippen LogP contribution in [0.2, 0.25) is 5.02 Å². The van der Waals surface area contributed by atoms with Crippen molar-refractivity contribution < 1.29 is 4.79 Å². The van der Waals surface area contributed by atoms with Gasteiger partial charge in [-0.25, -0.2) is 0 Å². The molecule has 0 fully saturated rings. The van der Waals surface area contributed by atoms with Crippen LogP contribution in [-0.4, -0.2) is 10.5 Å². The number of carbonyl (C=O) groups excluding carboxylic acids is 1. The van der Waals surface area contributed by atoms with Gasteiger partial charge in [-0.15, -0.1) is 0 Å². The summed E-state index contributed by atoms with van der Waals surface area (Å²) < 4.78 is 2.43. The largest absolute Gasteiger partial charge is 0.322 e. The predicted octanol–water partition coefficient (Wildman–Crippen LogP) is 4.87. The maximum Gasteiger partial charge on any atom is 0.263 e. The van der Waals surface area contributed by atoms with Crippen LogP contribution in [0.5, 0.6) is 0 Å². The van der Waals surface area contributed by atoms with Crippen molar-refractivity contribution in [3.05, 3.63) is 97.3 Å². The number of halogens is 2. The Morgan fingerprint density at radius 2 is 1.92 bits per heavy atom. The zero-order valence-electron chi connectivity index (χ0n) is 14.0. The molecule has 0 radical (unpaired) electrons. The van der Waals surface area contributed by atoms with Crippen molar-refractivity contribution in [1.29, 1.82) is 0 Å². The van der Waals surface area contributed by atoms with E-state index in [0.717, 1.165) is 15.6 Å². The van der Waals surface area contributed by atoms with Crippen LogP contribution >= 0.6 is 27.5 Å². The summed E-state index contributed by atoms with van der Waals surface area (Å²) in [6.07, 6.45) is 1.65. The summed E-state index contributed by atoms with van der Waals surface area (Å²) in [5.74, 6) is -0.440. The van der Waals surface area contributed by atoms with E-state index in [4.69, 9.17) is 11.6 Å². The Kier molecular flexibility index (Phi) is 5.59. The van der Waals surface area contributed by atoms with Gasteiger partial charge in [0.15, 0.2) is 0 Å². The highest BCUT2D eigenvalue weighted by Crippen LogP contribution is 2.20. The summed E-state index contributed by atoms with van der Waals surface area (Å²) in [5, 5.41) is 3.35. The monoisotopic (exact) mass is 430 g/mol. The lowest BCUT2D eigenvalue weighted by Gasteiger charge is -2.10. The van der Waals surface area contributed by atoms with E-state index >= 15 is 0 Å². The van der Waals surface area contributed by atoms with Gasteiger partial charge in [-0.2, -0.15) is 0 Å². The quantitative estimate of drug-likeness (QED) is 0.640. The van der Waals surface area contributed by atoms with Crippen molar-refractivity contribution in [3.63, 3.8) is 0 Å². The Morgan fingerprint density at radius 1 is 1.15 bits per heavy atom. The topological polar surface area (TPSA) is 51.1 Å². The fourth-order valence-electron chi connectivity index (χ4n) is 2.57. The number of benzene rings is 2. The van der Waals surface area contributed by atoms with Crippen molar-refractivity contribution in [3.8, 4) is 0 Å². The van der Waals surface area contributed by atoms with Crippen LogP contribution < -0.4 is 10.9 Å². The third-order valence-electron chi connectivity index (χ3n) is 3.98. The van der Waals surface area contributed by atoms with Gasteiger partial charge in [0.1, 0.15) is 5.56 Å². The minimum Gasteiger partial charge on any atom is -0.322 e. The molecule has 132 valence electrons. The molecule has 1 heterocycles. The maximum absolute atomic E-state index is 12.7. The number of aromatic nitrogens is 1. The van der Waals surface area contributed by atoms with Gasteiger partial charge < -0.3 is 9.88 Å². The van der Waals surface area contributed by atoms with Crippen LogP contribution in [0.15, 0.2) is 70.1 Å². The number of hydrogen-bond acceptors (Lipinski definition) is 2. The van der Waals surface area contributed by atoms with Gasteiger partial charge in [-0.1, -0.05) is 45.7 Å². The lowest BCUT2D eigenvalue weighted by molar-refractivity contribution is 0.102. The average molecular weight is 432 g/mol. The molecule has 0 aliphatic rings. The second kappa shape index (κ2) is 7.89. The number of aryl methyl sites for hydroxylation is 1. The normalized spacial score (nSPS) is 10.6. The summed E-state index contributed by atoms with van der Waals surface area (Å²) in [6.45, 7) is 2.23. The van der Waals surface area contributed by atoms with Gasteiger partial charge >= 0.3 is 0 Å². The number of hydrogen-bond donors (Lipinski definition) is 1. The zero-order chi connectivity index (χ0) is 18.7. The van der Waals surface area contributed by atoms with Gasteiger partial charge in [0, 0.05) is 21.4 Å². The van der Waals surface area contributed by atoms with E-state index in [0.29, 0.717) is 17.3 Å². The van der Waals surface area contributed by atoms with Crippen molar-refractivity contribution in [2.45, 2.75) is 13.5 Å². The van der Waals surface area contributed by atoms with Crippen LogP contribution in [-0.2, 0) is 6.54 Å². The average Bonchev–Trinajstić information content (AvgIpc) is 2.61. The van der Waals surface area contributed by atoms with E-state index in [2.05, 4.69) is 21.2 Å². The minimum atomic E-state index is -0.440. The first-order valence-corrected chi connectivity index (χ1v) is 9.13. The molecule has 2 aromatic carbocycles. The third-order valence-corrected chi connectivity index (χ3v) is 5.24. The van der Waals surface area contributed by atoms with Gasteiger partial charge in [0.05, 0.1) is 6.54 Å². The molecule has 6 heteroatoms. The molecule has 1 N–H and O–H groups in total. The van der Waals surface area contributed by atoms with Crippen molar-refractivity contribution in [2.75, 3.05) is 5.32 Å². The Labute approximate surface area is 164 Å². The fourth-order valence-corrected chi connectivity index (χ4v) is 3.01. The minimum absolute atomic E-state index is 0.0834. The number of nitrogens with zero attached hydrogens (tertiary/aromatic N) is 1. The summed E-state index contributed by atoms with van der Waals surface area (Å²) in [6, 6.07) is 16.0. The molecule has 0 saturated carbocycles. The predicted molar refractivity (Wildman–Crippen MR) is 108 cm³/mol. The van der Waals surface area contributed by atoms with E-state index in [-0.39, 0.29) is 11.1 Å². The Bertz CT molecular complexity index is 1030. The Balaban J connectivity index is 1.86.